The molecule has 0 radical (unpaired) electrons. The van der Waals surface area contributed by atoms with Crippen LogP contribution in [0.25, 0.3) is 0 Å². The zero-order valence-electron chi connectivity index (χ0n) is 16.5. The Kier molecular flexibility index (Phi) is 5.08. The Morgan fingerprint density at radius 1 is 0.680 bits per heavy atom. The van der Waals surface area contributed by atoms with Gasteiger partial charge in [-0.15, -0.1) is 0 Å². The molecule has 2 nitrogen and oxygen atoms in total. The van der Waals surface area contributed by atoms with E-state index in [0.717, 1.165) is 6.67 Å². The molecule has 3 rings (SSSR count). The van der Waals surface area contributed by atoms with Gasteiger partial charge in [0.25, 0.3) is 0 Å². The Labute approximate surface area is 153 Å². The summed E-state index contributed by atoms with van der Waals surface area (Å²) in [6.45, 7) is 14.8. The van der Waals surface area contributed by atoms with Gasteiger partial charge in [-0.2, -0.15) is 0 Å². The second-order valence-corrected chi connectivity index (χ2v) is 7.99. The summed E-state index contributed by atoms with van der Waals surface area (Å²) in [5, 5.41) is 0. The molecule has 0 saturated carbocycles. The van der Waals surface area contributed by atoms with Crippen molar-refractivity contribution >= 4 is 11.4 Å². The summed E-state index contributed by atoms with van der Waals surface area (Å²) < 4.78 is 0. The van der Waals surface area contributed by atoms with Gasteiger partial charge in [0.05, 0.1) is 6.67 Å². The summed E-state index contributed by atoms with van der Waals surface area (Å²) >= 11 is 0. The van der Waals surface area contributed by atoms with Crippen molar-refractivity contribution < 1.29 is 0 Å². The Balaban J connectivity index is 1.98. The first-order chi connectivity index (χ1) is 11.9. The number of nitrogens with zero attached hydrogens (tertiary/aromatic N) is 2. The third-order valence-electron chi connectivity index (χ3n) is 5.72. The lowest BCUT2D eigenvalue weighted by Gasteiger charge is -2.28. The number of hydrogen-bond acceptors (Lipinski definition) is 2. The molecule has 25 heavy (non-hydrogen) atoms. The average molecular weight is 337 g/mol. The minimum absolute atomic E-state index is 0.486. The van der Waals surface area contributed by atoms with Gasteiger partial charge in [0.2, 0.25) is 0 Å². The maximum atomic E-state index is 2.58. The molecule has 2 aromatic rings. The molecule has 2 aromatic carbocycles. The molecular weight excluding hydrogens is 304 g/mol. The number of anilines is 2. The predicted octanol–water partition coefficient (Wildman–Crippen LogP) is 5.99. The highest BCUT2D eigenvalue weighted by Crippen LogP contribution is 2.37. The van der Waals surface area contributed by atoms with Crippen LogP contribution in [0.15, 0.2) is 48.5 Å². The van der Waals surface area contributed by atoms with Gasteiger partial charge in [0.15, 0.2) is 0 Å². The van der Waals surface area contributed by atoms with Crippen LogP contribution in [0.4, 0.5) is 11.4 Å². The third-order valence-corrected chi connectivity index (χ3v) is 5.72. The van der Waals surface area contributed by atoms with Crippen molar-refractivity contribution in [2.75, 3.05) is 16.5 Å². The molecule has 1 saturated heterocycles. The molecule has 1 aliphatic heterocycles. The van der Waals surface area contributed by atoms with E-state index in [9.17, 15) is 0 Å². The maximum Gasteiger partial charge on any atom is 0.0910 e. The first-order valence-corrected chi connectivity index (χ1v) is 9.63. The van der Waals surface area contributed by atoms with E-state index in [0.29, 0.717) is 23.9 Å². The lowest BCUT2D eigenvalue weighted by molar-refractivity contribution is 0.641. The van der Waals surface area contributed by atoms with E-state index in [1.165, 1.54) is 22.5 Å². The quantitative estimate of drug-likeness (QED) is 0.676. The summed E-state index contributed by atoms with van der Waals surface area (Å²) in [5.41, 5.74) is 5.67. The van der Waals surface area contributed by atoms with Crippen LogP contribution in [0.1, 0.15) is 64.5 Å². The smallest absolute Gasteiger partial charge is 0.0910 e. The monoisotopic (exact) mass is 336 g/mol. The SMILES string of the molecule is CC(C)c1ccccc1N1CN(c2ccccc2C(C)C)[C@@H](C)[C@@H]1C. The molecule has 2 atom stereocenters. The second-order valence-electron chi connectivity index (χ2n) is 7.99. The minimum Gasteiger partial charge on any atom is -0.349 e. The van der Waals surface area contributed by atoms with Gasteiger partial charge >= 0.3 is 0 Å². The largest absolute Gasteiger partial charge is 0.349 e. The van der Waals surface area contributed by atoms with Crippen molar-refractivity contribution in [3.05, 3.63) is 59.7 Å². The summed E-state index contributed by atoms with van der Waals surface area (Å²) in [7, 11) is 0. The first-order valence-electron chi connectivity index (χ1n) is 9.63. The van der Waals surface area contributed by atoms with Crippen LogP contribution in [0, 0.1) is 0 Å². The number of benzene rings is 2. The van der Waals surface area contributed by atoms with E-state index in [2.05, 4.69) is 99.9 Å². The zero-order valence-corrected chi connectivity index (χ0v) is 16.5. The third kappa shape index (κ3) is 3.27. The molecule has 0 aromatic heterocycles. The molecule has 0 unspecified atom stereocenters. The fourth-order valence-corrected chi connectivity index (χ4v) is 4.01. The van der Waals surface area contributed by atoms with Crippen molar-refractivity contribution in [3.8, 4) is 0 Å². The average Bonchev–Trinajstić information content (AvgIpc) is 2.90. The summed E-state index contributed by atoms with van der Waals surface area (Å²) in [4.78, 5) is 5.16. The van der Waals surface area contributed by atoms with Crippen LogP contribution in [-0.2, 0) is 0 Å². The Morgan fingerprint density at radius 2 is 1.04 bits per heavy atom. The Morgan fingerprint density at radius 3 is 1.40 bits per heavy atom. The molecule has 0 N–H and O–H groups in total. The fourth-order valence-electron chi connectivity index (χ4n) is 4.01. The normalized spacial score (nSPS) is 20.8. The van der Waals surface area contributed by atoms with E-state index in [-0.39, 0.29) is 0 Å². The fraction of sp³-hybridized carbons (Fsp3) is 0.478. The van der Waals surface area contributed by atoms with Crippen LogP contribution in [-0.4, -0.2) is 18.8 Å². The van der Waals surface area contributed by atoms with Gasteiger partial charge in [0, 0.05) is 23.5 Å². The molecule has 1 heterocycles. The standard InChI is InChI=1S/C23H32N2/c1-16(2)20-11-7-9-13-22(20)24-15-25(19(6)18(24)5)23-14-10-8-12-21(23)17(3)4/h7-14,16-19H,15H2,1-6H3/t18-,19-/m0/s1. The van der Waals surface area contributed by atoms with Crippen LogP contribution in [0.5, 0.6) is 0 Å². The van der Waals surface area contributed by atoms with Crippen LogP contribution in [0.3, 0.4) is 0 Å². The van der Waals surface area contributed by atoms with Crippen molar-refractivity contribution in [1.82, 2.24) is 0 Å². The summed E-state index contributed by atoms with van der Waals surface area (Å²) in [5.74, 6) is 1.08. The van der Waals surface area contributed by atoms with Crippen LogP contribution < -0.4 is 9.80 Å². The molecule has 0 aliphatic carbocycles. The number of hydrogen-bond donors (Lipinski definition) is 0. The molecule has 0 spiro atoms. The van der Waals surface area contributed by atoms with Gasteiger partial charge in [-0.25, -0.2) is 0 Å². The van der Waals surface area contributed by atoms with E-state index < -0.39 is 0 Å². The molecule has 0 amide bonds. The van der Waals surface area contributed by atoms with E-state index in [1.54, 1.807) is 0 Å². The van der Waals surface area contributed by atoms with Gasteiger partial charge in [-0.05, 0) is 48.9 Å². The minimum atomic E-state index is 0.486. The summed E-state index contributed by atoms with van der Waals surface area (Å²) in [6.07, 6.45) is 0. The van der Waals surface area contributed by atoms with Crippen molar-refractivity contribution in [1.29, 1.82) is 0 Å². The topological polar surface area (TPSA) is 6.48 Å². The molecular formula is C23H32N2. The highest BCUT2D eigenvalue weighted by atomic mass is 15.4. The first kappa shape index (κ1) is 17.8. The lowest BCUT2D eigenvalue weighted by atomic mass is 9.99. The van der Waals surface area contributed by atoms with Crippen molar-refractivity contribution in [3.63, 3.8) is 0 Å². The van der Waals surface area contributed by atoms with Gasteiger partial charge < -0.3 is 9.80 Å². The Bertz CT molecular complexity index is 658. The van der Waals surface area contributed by atoms with Crippen LogP contribution >= 0.6 is 0 Å². The molecule has 134 valence electrons. The number of rotatable bonds is 4. The van der Waals surface area contributed by atoms with Gasteiger partial charge in [-0.3, -0.25) is 0 Å². The molecule has 1 aliphatic rings. The number of para-hydroxylation sites is 2. The predicted molar refractivity (Wildman–Crippen MR) is 110 cm³/mol. The Hall–Kier alpha value is -1.96. The van der Waals surface area contributed by atoms with E-state index in [1.807, 2.05) is 0 Å². The van der Waals surface area contributed by atoms with Gasteiger partial charge in [-0.1, -0.05) is 64.1 Å². The van der Waals surface area contributed by atoms with Gasteiger partial charge in [0.1, 0.15) is 0 Å². The molecule has 2 heteroatoms. The highest BCUT2D eigenvalue weighted by molar-refractivity contribution is 5.63. The van der Waals surface area contributed by atoms with E-state index >= 15 is 0 Å². The highest BCUT2D eigenvalue weighted by Gasteiger charge is 2.36. The van der Waals surface area contributed by atoms with Crippen LogP contribution in [0.2, 0.25) is 0 Å². The maximum absolute atomic E-state index is 2.58. The second kappa shape index (κ2) is 7.11. The van der Waals surface area contributed by atoms with Crippen molar-refractivity contribution in [2.45, 2.75) is 65.5 Å². The summed E-state index contributed by atoms with van der Waals surface area (Å²) in [6, 6.07) is 18.8. The lowest BCUT2D eigenvalue weighted by Crippen LogP contribution is -2.33. The van der Waals surface area contributed by atoms with E-state index in [4.69, 9.17) is 0 Å². The zero-order chi connectivity index (χ0) is 18.1. The molecule has 1 fully saturated rings. The molecule has 0 bridgehead atoms. The van der Waals surface area contributed by atoms with Crippen molar-refractivity contribution in [2.24, 2.45) is 0 Å².